The summed E-state index contributed by atoms with van der Waals surface area (Å²) in [7, 11) is -3.63. The molecule has 4 fully saturated rings. The number of aliphatic hydroxyl groups excluding tert-OH is 1. The largest absolute Gasteiger partial charge is 0.453 e. The number of carbonyl (C=O) groups is 1. The van der Waals surface area contributed by atoms with Gasteiger partial charge in [-0.15, -0.1) is 0 Å². The lowest BCUT2D eigenvalue weighted by atomic mass is 9.42. The van der Waals surface area contributed by atoms with Gasteiger partial charge in [-0.2, -0.15) is 22.0 Å². The summed E-state index contributed by atoms with van der Waals surface area (Å²) in [6.07, 6.45) is 10.0. The number of fused-ring (bicyclic) bond motifs is 5. The van der Waals surface area contributed by atoms with Gasteiger partial charge in [0, 0.05) is 19.3 Å². The number of ketones is 1. The van der Waals surface area contributed by atoms with Crippen LogP contribution in [0.4, 0.5) is 22.0 Å². The average Bonchev–Trinajstić information content (AvgIpc) is 3.25. The number of aliphatic hydroxyl groups is 1. The molecular formula is C35H57F5O4S. The van der Waals surface area contributed by atoms with Gasteiger partial charge in [-0.25, -0.2) is 8.42 Å². The highest BCUT2D eigenvalue weighted by atomic mass is 32.2. The molecule has 4 aliphatic rings. The second-order valence-corrected chi connectivity index (χ2v) is 18.1. The molecule has 0 aromatic carbocycles. The second-order valence-electron chi connectivity index (χ2n) is 15.8. The maximum absolute atomic E-state index is 13.0. The van der Waals surface area contributed by atoms with Gasteiger partial charge < -0.3 is 5.11 Å². The van der Waals surface area contributed by atoms with Crippen molar-refractivity contribution in [3.63, 3.8) is 0 Å². The zero-order chi connectivity index (χ0) is 33.1. The van der Waals surface area contributed by atoms with Crippen molar-refractivity contribution in [3.05, 3.63) is 0 Å². The minimum Gasteiger partial charge on any atom is -0.393 e. The molecule has 0 bridgehead atoms. The van der Waals surface area contributed by atoms with E-state index in [1.165, 1.54) is 32.1 Å². The van der Waals surface area contributed by atoms with Crippen molar-refractivity contribution >= 4 is 15.6 Å². The van der Waals surface area contributed by atoms with Crippen LogP contribution >= 0.6 is 0 Å². The first-order valence-corrected chi connectivity index (χ1v) is 19.7. The zero-order valence-corrected chi connectivity index (χ0v) is 28.3. The Morgan fingerprint density at radius 2 is 1.36 bits per heavy atom. The van der Waals surface area contributed by atoms with Crippen molar-refractivity contribution in [1.29, 1.82) is 0 Å². The molecule has 0 aliphatic heterocycles. The summed E-state index contributed by atoms with van der Waals surface area (Å²) in [6, 6.07) is 0. The number of halogens is 5. The predicted molar refractivity (Wildman–Crippen MR) is 167 cm³/mol. The second kappa shape index (κ2) is 14.8. The van der Waals surface area contributed by atoms with E-state index in [0.29, 0.717) is 48.2 Å². The Labute approximate surface area is 268 Å². The third-order valence-corrected chi connectivity index (χ3v) is 14.8. The molecule has 262 valence electrons. The van der Waals surface area contributed by atoms with E-state index in [1.807, 2.05) is 0 Å². The van der Waals surface area contributed by atoms with E-state index >= 15 is 0 Å². The van der Waals surface area contributed by atoms with Crippen LogP contribution in [0.15, 0.2) is 0 Å². The molecule has 4 aliphatic carbocycles. The van der Waals surface area contributed by atoms with E-state index in [0.717, 1.165) is 70.6 Å². The molecular weight excluding hydrogens is 611 g/mol. The molecule has 45 heavy (non-hydrogen) atoms. The van der Waals surface area contributed by atoms with Crippen molar-refractivity contribution in [1.82, 2.24) is 0 Å². The molecule has 8 atom stereocenters. The van der Waals surface area contributed by atoms with E-state index in [2.05, 4.69) is 13.8 Å². The van der Waals surface area contributed by atoms with Gasteiger partial charge in [0.25, 0.3) is 0 Å². The molecule has 0 amide bonds. The first kappa shape index (κ1) is 37.1. The van der Waals surface area contributed by atoms with Gasteiger partial charge in [-0.05, 0) is 91.8 Å². The Morgan fingerprint density at radius 1 is 0.778 bits per heavy atom. The van der Waals surface area contributed by atoms with Crippen LogP contribution in [0.1, 0.15) is 142 Å². The minimum atomic E-state index is -5.64. The maximum Gasteiger partial charge on any atom is 0.453 e. The van der Waals surface area contributed by atoms with Crippen LogP contribution in [-0.4, -0.2) is 49.0 Å². The molecule has 4 rings (SSSR count). The number of carbonyl (C=O) groups excluding carboxylic acids is 1. The first-order chi connectivity index (χ1) is 21.0. The highest BCUT2D eigenvalue weighted by Crippen LogP contribution is 2.67. The predicted octanol–water partition coefficient (Wildman–Crippen LogP) is 9.48. The molecule has 10 heteroatoms. The monoisotopic (exact) mass is 668 g/mol. The maximum atomic E-state index is 13.0. The number of hydrogen-bond acceptors (Lipinski definition) is 4. The lowest BCUT2D eigenvalue weighted by molar-refractivity contribution is -0.284. The van der Waals surface area contributed by atoms with Crippen LogP contribution in [0.25, 0.3) is 0 Å². The van der Waals surface area contributed by atoms with E-state index < -0.39 is 40.5 Å². The quantitative estimate of drug-likeness (QED) is 0.131. The third kappa shape index (κ3) is 8.64. The summed E-state index contributed by atoms with van der Waals surface area (Å²) in [6.45, 7) is 4.82. The van der Waals surface area contributed by atoms with Gasteiger partial charge in [-0.3, -0.25) is 4.79 Å². The molecule has 0 saturated heterocycles. The van der Waals surface area contributed by atoms with Crippen molar-refractivity contribution in [2.75, 3.05) is 11.5 Å². The van der Waals surface area contributed by atoms with Crippen molar-refractivity contribution in [2.24, 2.45) is 40.4 Å². The van der Waals surface area contributed by atoms with Gasteiger partial charge in [0.1, 0.15) is 15.6 Å². The summed E-state index contributed by atoms with van der Waals surface area (Å²) in [5, 5.41) is 10.9. The van der Waals surface area contributed by atoms with Crippen LogP contribution < -0.4 is 0 Å². The van der Waals surface area contributed by atoms with Gasteiger partial charge >= 0.3 is 12.1 Å². The molecule has 0 aromatic heterocycles. The standard InChI is InChI=1S/C35H57F5O4S/c1-32-19-16-27(41)24-26(32)23-25(31-28-14-15-30(42)33(28,2)20-17-29(31)32)13-10-8-6-4-3-5-7-9-11-21-45(43,44)22-12-18-34(36,37)35(38,39)40/h25-26,28-31,42H,3-24H2,1-2H3/t25?,26?,28-,29+,30?,31-,32-,33-/m0/s1. The summed E-state index contributed by atoms with van der Waals surface area (Å²) in [5.74, 6) is -2.12. The van der Waals surface area contributed by atoms with Crippen LogP contribution in [0.2, 0.25) is 0 Å². The smallest absolute Gasteiger partial charge is 0.393 e. The van der Waals surface area contributed by atoms with Crippen LogP contribution in [0, 0.1) is 40.4 Å². The van der Waals surface area contributed by atoms with E-state index in [1.54, 1.807) is 0 Å². The molecule has 3 unspecified atom stereocenters. The fourth-order valence-corrected chi connectivity index (χ4v) is 11.6. The molecule has 0 aromatic rings. The Morgan fingerprint density at radius 3 is 2.00 bits per heavy atom. The third-order valence-electron chi connectivity index (χ3n) is 13.0. The number of alkyl halides is 5. The first-order valence-electron chi connectivity index (χ1n) is 17.8. The summed E-state index contributed by atoms with van der Waals surface area (Å²) >= 11 is 0. The Balaban J connectivity index is 1.12. The fraction of sp³-hybridized carbons (Fsp3) is 0.971. The average molecular weight is 669 g/mol. The van der Waals surface area contributed by atoms with E-state index in [-0.39, 0.29) is 22.7 Å². The normalized spacial score (nSPS) is 35.6. The van der Waals surface area contributed by atoms with E-state index in [4.69, 9.17) is 0 Å². The minimum absolute atomic E-state index is 0.0473. The number of sulfone groups is 1. The van der Waals surface area contributed by atoms with Crippen LogP contribution in [-0.2, 0) is 14.6 Å². The number of hydrogen-bond donors (Lipinski definition) is 1. The molecule has 4 nitrogen and oxygen atoms in total. The number of unbranched alkanes of at least 4 members (excludes halogenated alkanes) is 8. The molecule has 0 spiro atoms. The summed E-state index contributed by atoms with van der Waals surface area (Å²) in [5.41, 5.74) is 0.314. The molecule has 0 radical (unpaired) electrons. The van der Waals surface area contributed by atoms with Crippen LogP contribution in [0.3, 0.4) is 0 Å². The zero-order valence-electron chi connectivity index (χ0n) is 27.5. The Hall–Kier alpha value is -0.770. The Kier molecular flexibility index (Phi) is 12.2. The summed E-state index contributed by atoms with van der Waals surface area (Å²) < 4.78 is 86.7. The molecule has 4 saturated carbocycles. The molecule has 1 N–H and O–H groups in total. The lowest BCUT2D eigenvalue weighted by Crippen LogP contribution is -2.57. The van der Waals surface area contributed by atoms with Gasteiger partial charge in [0.15, 0.2) is 0 Å². The highest BCUT2D eigenvalue weighted by molar-refractivity contribution is 7.91. The number of Topliss-reactive ketones (excluding diaryl/α,β-unsaturated/α-hetero) is 1. The molecule has 0 heterocycles. The van der Waals surface area contributed by atoms with Crippen LogP contribution in [0.5, 0.6) is 0 Å². The highest BCUT2D eigenvalue weighted by Gasteiger charge is 2.62. The number of rotatable bonds is 16. The van der Waals surface area contributed by atoms with Gasteiger partial charge in [-0.1, -0.05) is 71.6 Å². The Bertz CT molecular complexity index is 1090. The van der Waals surface area contributed by atoms with Gasteiger partial charge in [0.05, 0.1) is 17.6 Å². The van der Waals surface area contributed by atoms with Crippen molar-refractivity contribution < 1.29 is 40.3 Å². The van der Waals surface area contributed by atoms with Crippen molar-refractivity contribution in [3.8, 4) is 0 Å². The van der Waals surface area contributed by atoms with Gasteiger partial charge in [0.2, 0.25) is 0 Å². The SMILES string of the molecule is C[C@]12CCC(=O)CC1CC(CCCCCCCCCCCS(=O)(=O)CCCC(F)(F)C(F)(F)F)[C@@H]1[C@H]2CC[C@]2(C)C(O)CC[C@@H]12. The lowest BCUT2D eigenvalue weighted by Gasteiger charge is -2.62. The van der Waals surface area contributed by atoms with Crippen molar-refractivity contribution in [2.45, 2.75) is 160 Å². The van der Waals surface area contributed by atoms with E-state index in [9.17, 15) is 40.3 Å². The topological polar surface area (TPSA) is 71.4 Å². The summed E-state index contributed by atoms with van der Waals surface area (Å²) in [4.78, 5) is 12.5. The fourth-order valence-electron chi connectivity index (χ4n) is 10.2.